The van der Waals surface area contributed by atoms with Crippen molar-refractivity contribution >= 4 is 11.9 Å². The minimum atomic E-state index is -1.41. The Bertz CT molecular complexity index is 285. The minimum Gasteiger partial charge on any atom is -0.480 e. The van der Waals surface area contributed by atoms with Crippen molar-refractivity contribution in [3.05, 3.63) is 23.8 Å². The second-order valence-electron chi connectivity index (χ2n) is 2.35. The molecule has 78 valence electrons. The molecule has 4 N–H and O–H groups in total. The van der Waals surface area contributed by atoms with Gasteiger partial charge in [-0.2, -0.15) is 0 Å². The molecule has 0 bridgehead atoms. The van der Waals surface area contributed by atoms with Crippen LogP contribution in [0.1, 0.15) is 0 Å². The number of hydrogen-bond donors (Lipinski definition) is 3. The molecule has 0 rings (SSSR count). The highest BCUT2D eigenvalue weighted by molar-refractivity contribution is 5.91. The maximum atomic E-state index is 11.7. The third kappa shape index (κ3) is 4.36. The Hall–Kier alpha value is -1.69. The van der Waals surface area contributed by atoms with Gasteiger partial charge in [-0.15, -0.1) is 0 Å². The van der Waals surface area contributed by atoms with Crippen molar-refractivity contribution < 1.29 is 24.2 Å². The summed E-state index contributed by atoms with van der Waals surface area (Å²) in [5.74, 6) is -2.70. The van der Waals surface area contributed by atoms with Gasteiger partial charge >= 0.3 is 11.9 Å². The number of carboxylic acids is 2. The first-order chi connectivity index (χ1) is 6.49. The van der Waals surface area contributed by atoms with E-state index in [1.165, 1.54) is 0 Å². The Labute approximate surface area is 79.3 Å². The fourth-order valence-electron chi connectivity index (χ4n) is 0.634. The van der Waals surface area contributed by atoms with Crippen LogP contribution in [0.5, 0.6) is 0 Å². The van der Waals surface area contributed by atoms with Crippen LogP contribution in [-0.2, 0) is 9.59 Å². The van der Waals surface area contributed by atoms with Crippen LogP contribution in [0, 0.1) is 0 Å². The molecule has 14 heavy (non-hydrogen) atoms. The second-order valence-corrected chi connectivity index (χ2v) is 2.35. The van der Waals surface area contributed by atoms with Crippen LogP contribution < -0.4 is 5.73 Å². The van der Waals surface area contributed by atoms with Gasteiger partial charge in [0, 0.05) is 0 Å². The third-order valence-electron chi connectivity index (χ3n) is 1.28. The molecule has 0 radical (unpaired) electrons. The molecule has 1 atom stereocenters. The van der Waals surface area contributed by atoms with Gasteiger partial charge in [0.15, 0.2) is 0 Å². The third-order valence-corrected chi connectivity index (χ3v) is 1.28. The number of carboxylic acid groups (broad SMARTS) is 2. The molecule has 0 aromatic rings. The lowest BCUT2D eigenvalue weighted by Crippen LogP contribution is -2.28. The summed E-state index contributed by atoms with van der Waals surface area (Å²) in [6.07, 6.45) is 2.75. The van der Waals surface area contributed by atoms with Crippen LogP contribution >= 0.6 is 0 Å². The van der Waals surface area contributed by atoms with E-state index in [4.69, 9.17) is 15.9 Å². The Morgan fingerprint density at radius 1 is 1.43 bits per heavy atom. The Morgan fingerprint density at radius 3 is 2.36 bits per heavy atom. The van der Waals surface area contributed by atoms with Gasteiger partial charge in [-0.25, -0.2) is 9.18 Å². The summed E-state index contributed by atoms with van der Waals surface area (Å²) < 4.78 is 11.7. The van der Waals surface area contributed by atoms with E-state index in [1.807, 2.05) is 0 Å². The number of carbonyl (C=O) groups is 2. The molecule has 0 aromatic heterocycles. The molecule has 0 aliphatic heterocycles. The highest BCUT2D eigenvalue weighted by Crippen LogP contribution is 1.99. The quantitative estimate of drug-likeness (QED) is 0.429. The average Bonchev–Trinajstić information content (AvgIpc) is 2.10. The smallest absolute Gasteiger partial charge is 0.335 e. The van der Waals surface area contributed by atoms with Crippen LogP contribution in [0.2, 0.25) is 0 Å². The largest absolute Gasteiger partial charge is 0.480 e. The molecule has 0 saturated carbocycles. The number of rotatable bonds is 5. The first-order valence-corrected chi connectivity index (χ1v) is 3.65. The van der Waals surface area contributed by atoms with E-state index >= 15 is 0 Å². The monoisotopic (exact) mass is 203 g/mol. The van der Waals surface area contributed by atoms with Crippen LogP contribution in [0.15, 0.2) is 23.8 Å². The van der Waals surface area contributed by atoms with Crippen molar-refractivity contribution in [1.82, 2.24) is 0 Å². The molecule has 0 aromatic carbocycles. The molecule has 0 fully saturated rings. The maximum absolute atomic E-state index is 11.7. The molecule has 0 heterocycles. The lowest BCUT2D eigenvalue weighted by atomic mass is 10.1. The van der Waals surface area contributed by atoms with Gasteiger partial charge < -0.3 is 15.9 Å². The fourth-order valence-corrected chi connectivity index (χ4v) is 0.634. The van der Waals surface area contributed by atoms with E-state index in [0.717, 1.165) is 18.2 Å². The predicted molar refractivity (Wildman–Crippen MR) is 46.4 cm³/mol. The molecule has 0 spiro atoms. The van der Waals surface area contributed by atoms with Gasteiger partial charge in [-0.05, 0) is 12.2 Å². The number of nitrogens with two attached hydrogens (primary N) is 1. The van der Waals surface area contributed by atoms with E-state index < -0.39 is 24.7 Å². The summed E-state index contributed by atoms with van der Waals surface area (Å²) in [6.45, 7) is -0.826. The SMILES string of the molecule is NC(/C=C(\C=C\CF)C(=O)O)C(=O)O. The van der Waals surface area contributed by atoms with Gasteiger partial charge in [-0.3, -0.25) is 4.79 Å². The van der Waals surface area contributed by atoms with E-state index in [1.54, 1.807) is 0 Å². The van der Waals surface area contributed by atoms with E-state index in [0.29, 0.717) is 0 Å². The van der Waals surface area contributed by atoms with E-state index in [9.17, 15) is 14.0 Å². The standard InChI is InChI=1S/C8H10FNO4/c9-3-1-2-5(7(11)12)4-6(10)8(13)14/h1-2,4,6H,3,10H2,(H,11,12)(H,13,14)/b2-1+,5-4+. The Kier molecular flexibility index (Phi) is 5.16. The first-order valence-electron chi connectivity index (χ1n) is 3.65. The normalized spacial score (nSPS) is 14.3. The Morgan fingerprint density at radius 2 is 2.00 bits per heavy atom. The van der Waals surface area contributed by atoms with Crippen LogP contribution in [0.3, 0.4) is 0 Å². The van der Waals surface area contributed by atoms with Gasteiger partial charge in [-0.1, -0.05) is 6.08 Å². The number of hydrogen-bond acceptors (Lipinski definition) is 3. The number of alkyl halides is 1. The maximum Gasteiger partial charge on any atom is 0.335 e. The lowest BCUT2D eigenvalue weighted by molar-refractivity contribution is -0.137. The number of halogens is 1. The van der Waals surface area contributed by atoms with Gasteiger partial charge in [0.05, 0.1) is 5.57 Å². The van der Waals surface area contributed by atoms with Crippen LogP contribution in [0.4, 0.5) is 4.39 Å². The molecule has 6 heteroatoms. The zero-order chi connectivity index (χ0) is 11.1. The average molecular weight is 203 g/mol. The van der Waals surface area contributed by atoms with Crippen molar-refractivity contribution in [2.45, 2.75) is 6.04 Å². The highest BCUT2D eigenvalue weighted by atomic mass is 19.1. The summed E-state index contributed by atoms with van der Waals surface area (Å²) in [5, 5.41) is 16.9. The van der Waals surface area contributed by atoms with Gasteiger partial charge in [0.25, 0.3) is 0 Å². The minimum absolute atomic E-state index is 0.349. The summed E-state index contributed by atoms with van der Waals surface area (Å²) in [6, 6.07) is -1.41. The molecule has 1 unspecified atom stereocenters. The van der Waals surface area contributed by atoms with Crippen molar-refractivity contribution in [2.75, 3.05) is 6.67 Å². The molecule has 0 amide bonds. The summed E-state index contributed by atoms with van der Waals surface area (Å²) in [5.41, 5.74) is 4.71. The summed E-state index contributed by atoms with van der Waals surface area (Å²) >= 11 is 0. The molecule has 0 aliphatic rings. The fraction of sp³-hybridized carbons (Fsp3) is 0.250. The van der Waals surface area contributed by atoms with Gasteiger partial charge in [0.1, 0.15) is 12.7 Å². The van der Waals surface area contributed by atoms with Crippen molar-refractivity contribution in [3.8, 4) is 0 Å². The molecule has 5 nitrogen and oxygen atoms in total. The molecular formula is C8H10FNO4. The zero-order valence-corrected chi connectivity index (χ0v) is 7.18. The lowest BCUT2D eigenvalue weighted by Gasteiger charge is -2.00. The summed E-state index contributed by atoms with van der Waals surface area (Å²) in [4.78, 5) is 20.7. The molecule has 0 saturated heterocycles. The second kappa shape index (κ2) is 5.87. The zero-order valence-electron chi connectivity index (χ0n) is 7.18. The van der Waals surface area contributed by atoms with E-state index in [-0.39, 0.29) is 5.57 Å². The number of aliphatic carboxylic acids is 2. The van der Waals surface area contributed by atoms with Gasteiger partial charge in [0.2, 0.25) is 0 Å². The molecular weight excluding hydrogens is 193 g/mol. The van der Waals surface area contributed by atoms with Crippen molar-refractivity contribution in [3.63, 3.8) is 0 Å². The predicted octanol–water partition coefficient (Wildman–Crippen LogP) is -0.0650. The van der Waals surface area contributed by atoms with Crippen molar-refractivity contribution in [2.24, 2.45) is 5.73 Å². The van der Waals surface area contributed by atoms with Crippen LogP contribution in [0.25, 0.3) is 0 Å². The Balaban J connectivity index is 4.73. The van der Waals surface area contributed by atoms with E-state index in [2.05, 4.69) is 0 Å². The summed E-state index contributed by atoms with van der Waals surface area (Å²) in [7, 11) is 0. The highest BCUT2D eigenvalue weighted by Gasteiger charge is 2.11. The number of allylic oxidation sites excluding steroid dienone is 1. The topological polar surface area (TPSA) is 101 Å². The van der Waals surface area contributed by atoms with Crippen LogP contribution in [-0.4, -0.2) is 34.9 Å². The van der Waals surface area contributed by atoms with Crippen molar-refractivity contribution in [1.29, 1.82) is 0 Å². The first kappa shape index (κ1) is 12.3. The molecule has 0 aliphatic carbocycles.